The lowest BCUT2D eigenvalue weighted by Gasteiger charge is -2.25. The van der Waals surface area contributed by atoms with E-state index >= 15 is 0 Å². The van der Waals surface area contributed by atoms with Crippen molar-refractivity contribution in [2.24, 2.45) is 5.92 Å². The summed E-state index contributed by atoms with van der Waals surface area (Å²) < 4.78 is 0. The lowest BCUT2D eigenvalue weighted by atomic mass is 9.83. The van der Waals surface area contributed by atoms with Gasteiger partial charge in [-0.2, -0.15) is 0 Å². The quantitative estimate of drug-likeness (QED) is 0.865. The second-order valence-corrected chi connectivity index (χ2v) is 5.40. The zero-order valence-corrected chi connectivity index (χ0v) is 11.8. The Morgan fingerprint density at radius 1 is 1.35 bits per heavy atom. The number of fused-ring (bicyclic) bond motifs is 1. The van der Waals surface area contributed by atoms with Gasteiger partial charge >= 0.3 is 5.97 Å². The van der Waals surface area contributed by atoms with Gasteiger partial charge in [0, 0.05) is 5.92 Å². The van der Waals surface area contributed by atoms with E-state index in [-0.39, 0.29) is 11.8 Å². The van der Waals surface area contributed by atoms with Crippen molar-refractivity contribution in [3.8, 4) is 0 Å². The van der Waals surface area contributed by atoms with Gasteiger partial charge in [-0.1, -0.05) is 37.6 Å². The van der Waals surface area contributed by atoms with E-state index in [4.69, 9.17) is 5.11 Å². The summed E-state index contributed by atoms with van der Waals surface area (Å²) in [7, 11) is 0. The number of carboxylic acids is 1. The Bertz CT molecular complexity index is 498. The van der Waals surface area contributed by atoms with E-state index in [1.165, 1.54) is 11.1 Å². The molecular weight excluding hydrogens is 254 g/mol. The van der Waals surface area contributed by atoms with Crippen LogP contribution in [0.15, 0.2) is 24.3 Å². The number of hydrogen-bond acceptors (Lipinski definition) is 2. The van der Waals surface area contributed by atoms with Crippen LogP contribution in [0, 0.1) is 5.92 Å². The third-order valence-corrected chi connectivity index (χ3v) is 3.91. The Morgan fingerprint density at radius 3 is 2.70 bits per heavy atom. The van der Waals surface area contributed by atoms with Gasteiger partial charge in [-0.25, -0.2) is 4.79 Å². The maximum atomic E-state index is 12.2. The van der Waals surface area contributed by atoms with Crippen LogP contribution in [0.1, 0.15) is 37.3 Å². The van der Waals surface area contributed by atoms with E-state index in [0.29, 0.717) is 12.8 Å². The first-order valence-corrected chi connectivity index (χ1v) is 7.21. The summed E-state index contributed by atoms with van der Waals surface area (Å²) in [5, 5.41) is 11.8. The van der Waals surface area contributed by atoms with Crippen LogP contribution in [-0.4, -0.2) is 23.0 Å². The van der Waals surface area contributed by atoms with Crippen LogP contribution in [0.3, 0.4) is 0 Å². The van der Waals surface area contributed by atoms with Crippen LogP contribution in [-0.2, 0) is 22.4 Å². The maximum absolute atomic E-state index is 12.2. The highest BCUT2D eigenvalue weighted by Gasteiger charge is 2.27. The number of benzene rings is 1. The van der Waals surface area contributed by atoms with Gasteiger partial charge < -0.3 is 10.4 Å². The molecule has 4 nitrogen and oxygen atoms in total. The molecule has 0 saturated heterocycles. The van der Waals surface area contributed by atoms with Gasteiger partial charge in [0.05, 0.1) is 0 Å². The van der Waals surface area contributed by atoms with Gasteiger partial charge in [0.2, 0.25) is 5.91 Å². The van der Waals surface area contributed by atoms with Gasteiger partial charge in [0.25, 0.3) is 0 Å². The predicted octanol–water partition coefficient (Wildman–Crippen LogP) is 2.16. The largest absolute Gasteiger partial charge is 0.480 e. The van der Waals surface area contributed by atoms with Crippen molar-refractivity contribution in [2.45, 2.75) is 45.1 Å². The molecule has 1 aromatic carbocycles. The molecule has 2 unspecified atom stereocenters. The molecule has 0 aromatic heterocycles. The van der Waals surface area contributed by atoms with Crippen molar-refractivity contribution >= 4 is 11.9 Å². The second-order valence-electron chi connectivity index (χ2n) is 5.40. The lowest BCUT2D eigenvalue weighted by Crippen LogP contribution is -2.44. The van der Waals surface area contributed by atoms with Crippen molar-refractivity contribution < 1.29 is 14.7 Å². The number of rotatable bonds is 5. The van der Waals surface area contributed by atoms with E-state index in [0.717, 1.165) is 19.3 Å². The van der Waals surface area contributed by atoms with E-state index in [2.05, 4.69) is 17.4 Å². The molecule has 2 atom stereocenters. The fourth-order valence-electron chi connectivity index (χ4n) is 2.76. The molecule has 2 N–H and O–H groups in total. The fourth-order valence-corrected chi connectivity index (χ4v) is 2.76. The minimum atomic E-state index is -0.948. The molecule has 0 heterocycles. The van der Waals surface area contributed by atoms with Crippen LogP contribution in [0.25, 0.3) is 0 Å². The Labute approximate surface area is 119 Å². The predicted molar refractivity (Wildman–Crippen MR) is 76.4 cm³/mol. The monoisotopic (exact) mass is 275 g/mol. The molecule has 4 heteroatoms. The zero-order chi connectivity index (χ0) is 14.5. The SMILES string of the molecule is CCCC(NC(=O)C1CCc2ccccc2C1)C(=O)O. The lowest BCUT2D eigenvalue weighted by molar-refractivity contribution is -0.142. The molecule has 0 fully saturated rings. The Morgan fingerprint density at radius 2 is 2.05 bits per heavy atom. The highest BCUT2D eigenvalue weighted by atomic mass is 16.4. The van der Waals surface area contributed by atoms with Crippen molar-refractivity contribution in [2.75, 3.05) is 0 Å². The van der Waals surface area contributed by atoms with Crippen LogP contribution >= 0.6 is 0 Å². The second kappa shape index (κ2) is 6.55. The summed E-state index contributed by atoms with van der Waals surface area (Å²) in [5.41, 5.74) is 2.51. The molecule has 0 saturated carbocycles. The molecule has 20 heavy (non-hydrogen) atoms. The van der Waals surface area contributed by atoms with Crippen LogP contribution in [0.2, 0.25) is 0 Å². The smallest absolute Gasteiger partial charge is 0.326 e. The summed E-state index contributed by atoms with van der Waals surface area (Å²) in [6.45, 7) is 1.92. The van der Waals surface area contributed by atoms with Crippen LogP contribution < -0.4 is 5.32 Å². The van der Waals surface area contributed by atoms with Crippen molar-refractivity contribution in [1.82, 2.24) is 5.32 Å². The molecule has 0 aliphatic heterocycles. The third-order valence-electron chi connectivity index (χ3n) is 3.91. The van der Waals surface area contributed by atoms with Crippen molar-refractivity contribution in [3.05, 3.63) is 35.4 Å². The summed E-state index contributed by atoms with van der Waals surface area (Å²) in [5.74, 6) is -1.18. The normalized spacial score (nSPS) is 18.9. The Hall–Kier alpha value is -1.84. The highest BCUT2D eigenvalue weighted by Crippen LogP contribution is 2.25. The molecule has 0 bridgehead atoms. The molecule has 0 radical (unpaired) electrons. The van der Waals surface area contributed by atoms with Crippen molar-refractivity contribution in [3.63, 3.8) is 0 Å². The molecule has 0 spiro atoms. The van der Waals surface area contributed by atoms with E-state index in [1.54, 1.807) is 0 Å². The van der Waals surface area contributed by atoms with Gasteiger partial charge in [-0.3, -0.25) is 4.79 Å². The molecule has 1 aliphatic rings. The summed E-state index contributed by atoms with van der Waals surface area (Å²) in [6, 6.07) is 7.39. The number of hydrogen-bond donors (Lipinski definition) is 2. The number of amides is 1. The molecule has 108 valence electrons. The topological polar surface area (TPSA) is 66.4 Å². The van der Waals surface area contributed by atoms with Gasteiger partial charge in [0.15, 0.2) is 0 Å². The number of carbonyl (C=O) groups is 2. The highest BCUT2D eigenvalue weighted by molar-refractivity contribution is 5.85. The molecular formula is C16H21NO3. The van der Waals surface area contributed by atoms with Crippen LogP contribution in [0.5, 0.6) is 0 Å². The number of carbonyl (C=O) groups excluding carboxylic acids is 1. The fraction of sp³-hybridized carbons (Fsp3) is 0.500. The standard InChI is InChI=1S/C16H21NO3/c1-2-5-14(16(19)20)17-15(18)13-9-8-11-6-3-4-7-12(11)10-13/h3-4,6-7,13-14H,2,5,8-10H2,1H3,(H,17,18)(H,19,20). The first-order valence-electron chi connectivity index (χ1n) is 7.21. The van der Waals surface area contributed by atoms with E-state index < -0.39 is 12.0 Å². The minimum Gasteiger partial charge on any atom is -0.480 e. The average molecular weight is 275 g/mol. The van der Waals surface area contributed by atoms with Gasteiger partial charge in [-0.15, -0.1) is 0 Å². The van der Waals surface area contributed by atoms with Gasteiger partial charge in [-0.05, 0) is 36.8 Å². The third kappa shape index (κ3) is 3.38. The molecule has 2 rings (SSSR count). The molecule has 1 aromatic rings. The number of aliphatic carboxylic acids is 1. The first kappa shape index (κ1) is 14.6. The summed E-state index contributed by atoms with van der Waals surface area (Å²) in [4.78, 5) is 23.3. The molecule has 1 aliphatic carbocycles. The minimum absolute atomic E-state index is 0.108. The average Bonchev–Trinajstić information content (AvgIpc) is 2.46. The van der Waals surface area contributed by atoms with E-state index in [1.807, 2.05) is 19.1 Å². The van der Waals surface area contributed by atoms with Gasteiger partial charge in [0.1, 0.15) is 6.04 Å². The van der Waals surface area contributed by atoms with E-state index in [9.17, 15) is 9.59 Å². The number of aryl methyl sites for hydroxylation is 1. The maximum Gasteiger partial charge on any atom is 0.326 e. The zero-order valence-electron chi connectivity index (χ0n) is 11.8. The number of carboxylic acid groups (broad SMARTS) is 1. The summed E-state index contributed by atoms with van der Waals surface area (Å²) in [6.07, 6.45) is 3.61. The Kier molecular flexibility index (Phi) is 4.77. The first-order chi connectivity index (χ1) is 9.61. The van der Waals surface area contributed by atoms with Crippen LogP contribution in [0.4, 0.5) is 0 Å². The molecule has 1 amide bonds. The van der Waals surface area contributed by atoms with Crippen molar-refractivity contribution in [1.29, 1.82) is 0 Å². The Balaban J connectivity index is 1.99. The number of nitrogens with one attached hydrogen (secondary N) is 1. The summed E-state index contributed by atoms with van der Waals surface area (Å²) >= 11 is 0.